The molecule has 0 radical (unpaired) electrons. The van der Waals surface area contributed by atoms with Crippen molar-refractivity contribution in [3.8, 4) is 12.3 Å². The lowest BCUT2D eigenvalue weighted by atomic mass is 9.94. The Morgan fingerprint density at radius 3 is 1.80 bits per heavy atom. The fourth-order valence-corrected chi connectivity index (χ4v) is 0.482. The van der Waals surface area contributed by atoms with E-state index in [4.69, 9.17) is 0 Å². The van der Waals surface area contributed by atoms with Gasteiger partial charge in [-0.1, -0.05) is 19.8 Å². The second-order valence-corrected chi connectivity index (χ2v) is 2.37. The minimum Gasteiger partial charge on any atom is -0.223 e. The summed E-state index contributed by atoms with van der Waals surface area (Å²) in [4.78, 5) is 0. The van der Waals surface area contributed by atoms with Crippen LogP contribution in [0.15, 0.2) is 0 Å². The molecule has 0 aromatic rings. The molecule has 0 rings (SSSR count). The maximum absolute atomic E-state index is 12.8. The molecule has 0 aromatic carbocycles. The molecule has 10 heavy (non-hydrogen) atoms. The maximum atomic E-state index is 12.8. The highest BCUT2D eigenvalue weighted by Gasteiger charge is 2.41. The lowest BCUT2D eigenvalue weighted by Crippen LogP contribution is -2.36. The molecule has 0 N–H and O–H groups in total. The summed E-state index contributed by atoms with van der Waals surface area (Å²) in [6.45, 7) is 2.65. The molecule has 0 bridgehead atoms. The number of halogens is 3. The van der Waals surface area contributed by atoms with Gasteiger partial charge in [-0.25, -0.2) is 13.2 Å². The molecule has 1 atom stereocenters. The summed E-state index contributed by atoms with van der Waals surface area (Å²) in [6.07, 6.45) is 1.50. The normalized spacial score (nSPS) is 17.0. The molecule has 0 amide bonds. The third kappa shape index (κ3) is 1.44. The van der Waals surface area contributed by atoms with Gasteiger partial charge in [0.15, 0.2) is 0 Å². The summed E-state index contributed by atoms with van der Waals surface area (Å²) in [5.41, 5.74) is -2.76. The summed E-state index contributed by atoms with van der Waals surface area (Å²) in [7, 11) is 0. The van der Waals surface area contributed by atoms with Gasteiger partial charge in [0, 0.05) is 5.92 Å². The Morgan fingerprint density at radius 1 is 1.40 bits per heavy atom. The van der Waals surface area contributed by atoms with Gasteiger partial charge in [0.1, 0.15) is 0 Å². The van der Waals surface area contributed by atoms with Crippen LogP contribution in [0.4, 0.5) is 13.2 Å². The SMILES string of the molecule is C#CC(F)(C(C)C)C(F)F. The molecular formula is C7H9F3. The third-order valence-electron chi connectivity index (χ3n) is 1.38. The number of hydrogen-bond donors (Lipinski definition) is 0. The molecule has 0 aliphatic rings. The summed E-state index contributed by atoms with van der Waals surface area (Å²) in [5, 5.41) is 0. The van der Waals surface area contributed by atoms with Gasteiger partial charge in [0.25, 0.3) is 6.43 Å². The van der Waals surface area contributed by atoms with E-state index < -0.39 is 18.0 Å². The minimum absolute atomic E-state index is 0.850. The van der Waals surface area contributed by atoms with Crippen LogP contribution in [-0.4, -0.2) is 12.1 Å². The van der Waals surface area contributed by atoms with Crippen molar-refractivity contribution in [2.45, 2.75) is 25.9 Å². The van der Waals surface area contributed by atoms with Gasteiger partial charge in [-0.2, -0.15) is 0 Å². The maximum Gasteiger partial charge on any atom is 0.283 e. The van der Waals surface area contributed by atoms with Crippen LogP contribution in [0.5, 0.6) is 0 Å². The predicted octanol–water partition coefficient (Wildman–Crippen LogP) is 2.25. The Balaban J connectivity index is 4.43. The third-order valence-corrected chi connectivity index (χ3v) is 1.38. The van der Waals surface area contributed by atoms with Crippen molar-refractivity contribution in [2.24, 2.45) is 5.92 Å². The Bertz CT molecular complexity index is 135. The fourth-order valence-electron chi connectivity index (χ4n) is 0.482. The predicted molar refractivity (Wildman–Crippen MR) is 33.5 cm³/mol. The molecule has 0 saturated heterocycles. The molecule has 1 unspecified atom stereocenters. The second-order valence-electron chi connectivity index (χ2n) is 2.37. The Kier molecular flexibility index (Phi) is 2.77. The first kappa shape index (κ1) is 9.35. The molecule has 0 spiro atoms. The van der Waals surface area contributed by atoms with Gasteiger partial charge < -0.3 is 0 Å². The van der Waals surface area contributed by atoms with Crippen LogP contribution >= 0.6 is 0 Å². The van der Waals surface area contributed by atoms with Crippen LogP contribution in [0.25, 0.3) is 0 Å². The van der Waals surface area contributed by atoms with Crippen LogP contribution in [-0.2, 0) is 0 Å². The van der Waals surface area contributed by atoms with Crippen molar-refractivity contribution in [2.75, 3.05) is 0 Å². The molecule has 0 fully saturated rings. The first-order valence-corrected chi connectivity index (χ1v) is 2.90. The van der Waals surface area contributed by atoms with Crippen molar-refractivity contribution in [3.05, 3.63) is 0 Å². The van der Waals surface area contributed by atoms with Crippen molar-refractivity contribution in [1.82, 2.24) is 0 Å². The highest BCUT2D eigenvalue weighted by atomic mass is 19.3. The standard InChI is InChI=1S/C7H9F3/c1-4-7(10,5(2)3)6(8)9/h1,5-6H,2-3H3. The summed E-state index contributed by atoms with van der Waals surface area (Å²) >= 11 is 0. The van der Waals surface area contributed by atoms with E-state index in [0.717, 1.165) is 0 Å². The summed E-state index contributed by atoms with van der Waals surface area (Å²) < 4.78 is 36.4. The van der Waals surface area contributed by atoms with E-state index in [1.54, 1.807) is 0 Å². The van der Waals surface area contributed by atoms with Crippen molar-refractivity contribution < 1.29 is 13.2 Å². The lowest BCUT2D eigenvalue weighted by Gasteiger charge is -2.21. The van der Waals surface area contributed by atoms with E-state index in [-0.39, 0.29) is 0 Å². The Hall–Kier alpha value is -0.650. The fraction of sp³-hybridized carbons (Fsp3) is 0.714. The molecular weight excluding hydrogens is 141 g/mol. The van der Waals surface area contributed by atoms with Gasteiger partial charge in [-0.15, -0.1) is 6.42 Å². The van der Waals surface area contributed by atoms with Crippen LogP contribution in [0.3, 0.4) is 0 Å². The van der Waals surface area contributed by atoms with E-state index in [0.29, 0.717) is 0 Å². The van der Waals surface area contributed by atoms with Gasteiger partial charge in [-0.3, -0.25) is 0 Å². The zero-order valence-corrected chi connectivity index (χ0v) is 5.87. The highest BCUT2D eigenvalue weighted by Crippen LogP contribution is 2.28. The largest absolute Gasteiger partial charge is 0.283 e. The molecule has 0 aliphatic heterocycles. The van der Waals surface area contributed by atoms with E-state index >= 15 is 0 Å². The van der Waals surface area contributed by atoms with Crippen LogP contribution in [0.1, 0.15) is 13.8 Å². The molecule has 3 heteroatoms. The summed E-state index contributed by atoms with van der Waals surface area (Å²) in [6, 6.07) is 0. The number of terminal acetylenes is 1. The van der Waals surface area contributed by atoms with E-state index in [1.807, 2.05) is 0 Å². The smallest absolute Gasteiger partial charge is 0.223 e. The number of rotatable bonds is 2. The zero-order chi connectivity index (χ0) is 8.36. The Morgan fingerprint density at radius 2 is 1.80 bits per heavy atom. The van der Waals surface area contributed by atoms with Crippen LogP contribution in [0.2, 0.25) is 0 Å². The molecule has 0 aromatic heterocycles. The topological polar surface area (TPSA) is 0 Å². The van der Waals surface area contributed by atoms with E-state index in [2.05, 4.69) is 6.42 Å². The second kappa shape index (κ2) is 2.96. The molecule has 0 aliphatic carbocycles. The van der Waals surface area contributed by atoms with Gasteiger partial charge in [0.2, 0.25) is 5.67 Å². The molecule has 0 nitrogen and oxygen atoms in total. The van der Waals surface area contributed by atoms with Gasteiger partial charge >= 0.3 is 0 Å². The summed E-state index contributed by atoms with van der Waals surface area (Å²) in [5.74, 6) is 0.611. The van der Waals surface area contributed by atoms with Gasteiger partial charge in [-0.05, 0) is 0 Å². The van der Waals surface area contributed by atoms with E-state index in [9.17, 15) is 13.2 Å². The van der Waals surface area contributed by atoms with Crippen LogP contribution < -0.4 is 0 Å². The lowest BCUT2D eigenvalue weighted by molar-refractivity contribution is -0.0234. The van der Waals surface area contributed by atoms with E-state index in [1.165, 1.54) is 19.8 Å². The first-order chi connectivity index (χ1) is 4.45. The van der Waals surface area contributed by atoms with Crippen LogP contribution in [0, 0.1) is 18.3 Å². The Labute approximate surface area is 58.4 Å². The molecule has 58 valence electrons. The molecule has 0 saturated carbocycles. The number of alkyl halides is 3. The minimum atomic E-state index is -3.10. The molecule has 0 heterocycles. The van der Waals surface area contributed by atoms with Crippen molar-refractivity contribution in [3.63, 3.8) is 0 Å². The van der Waals surface area contributed by atoms with Crippen molar-refractivity contribution in [1.29, 1.82) is 0 Å². The van der Waals surface area contributed by atoms with Crippen molar-refractivity contribution >= 4 is 0 Å². The quantitative estimate of drug-likeness (QED) is 0.529. The average Bonchev–Trinajstić information content (AvgIpc) is 1.85. The van der Waals surface area contributed by atoms with Gasteiger partial charge in [0.05, 0.1) is 0 Å². The zero-order valence-electron chi connectivity index (χ0n) is 5.87. The monoisotopic (exact) mass is 150 g/mol. The average molecular weight is 150 g/mol. The number of hydrogen-bond acceptors (Lipinski definition) is 0. The first-order valence-electron chi connectivity index (χ1n) is 2.90. The highest BCUT2D eigenvalue weighted by molar-refractivity contribution is 5.11.